The molecule has 96 valence electrons. The van der Waals surface area contributed by atoms with Crippen LogP contribution in [0.5, 0.6) is 5.75 Å². The third kappa shape index (κ3) is 2.68. The molecule has 1 unspecified atom stereocenters. The van der Waals surface area contributed by atoms with Crippen LogP contribution in [-0.2, 0) is 0 Å². The van der Waals surface area contributed by atoms with Crippen molar-refractivity contribution in [1.29, 1.82) is 0 Å². The van der Waals surface area contributed by atoms with Crippen molar-refractivity contribution in [1.82, 2.24) is 0 Å². The fourth-order valence-corrected chi connectivity index (χ4v) is 1.93. The van der Waals surface area contributed by atoms with E-state index in [-0.39, 0.29) is 5.22 Å². The molecule has 3 nitrogen and oxygen atoms in total. The number of hydrogen-bond acceptors (Lipinski definition) is 3. The second-order valence-electron chi connectivity index (χ2n) is 3.94. The van der Waals surface area contributed by atoms with Crippen LogP contribution < -0.4 is 4.74 Å². The predicted octanol–water partition coefficient (Wildman–Crippen LogP) is 3.80. The summed E-state index contributed by atoms with van der Waals surface area (Å²) in [5.41, 5.74) is 1.23. The molecule has 0 spiro atoms. The third-order valence-electron chi connectivity index (χ3n) is 2.62. The average Bonchev–Trinajstić information content (AvgIpc) is 2.82. The molecule has 1 N–H and O–H groups in total. The summed E-state index contributed by atoms with van der Waals surface area (Å²) in [5, 5.41) is 10.5. The Balaban J connectivity index is 2.30. The highest BCUT2D eigenvalue weighted by molar-refractivity contribution is 6.29. The van der Waals surface area contributed by atoms with Gasteiger partial charge in [0.15, 0.2) is 5.22 Å². The summed E-state index contributed by atoms with van der Waals surface area (Å²) in [4.78, 5) is 0. The van der Waals surface area contributed by atoms with Crippen molar-refractivity contribution in [2.45, 2.75) is 19.4 Å². The van der Waals surface area contributed by atoms with E-state index in [2.05, 4.69) is 0 Å². The van der Waals surface area contributed by atoms with E-state index < -0.39 is 6.10 Å². The minimum absolute atomic E-state index is 0.202. The Labute approximate surface area is 111 Å². The normalized spacial score (nSPS) is 12.4. The van der Waals surface area contributed by atoms with Crippen molar-refractivity contribution in [3.8, 4) is 5.75 Å². The summed E-state index contributed by atoms with van der Waals surface area (Å²) in [5.74, 6) is 0.670. The molecule has 2 aromatic rings. The maximum atomic E-state index is 10.3. The molecule has 0 fully saturated rings. The lowest BCUT2D eigenvalue weighted by molar-refractivity contribution is 0.210. The number of para-hydroxylation sites is 1. The minimum Gasteiger partial charge on any atom is -0.493 e. The van der Waals surface area contributed by atoms with Gasteiger partial charge in [-0.3, -0.25) is 0 Å². The van der Waals surface area contributed by atoms with E-state index in [0.717, 1.165) is 6.42 Å². The Morgan fingerprint density at radius 1 is 1.28 bits per heavy atom. The zero-order valence-corrected chi connectivity index (χ0v) is 10.9. The van der Waals surface area contributed by atoms with E-state index >= 15 is 0 Å². The largest absolute Gasteiger partial charge is 0.493 e. The molecule has 1 heterocycles. The maximum absolute atomic E-state index is 10.3. The first-order valence-corrected chi connectivity index (χ1v) is 6.24. The van der Waals surface area contributed by atoms with Gasteiger partial charge in [-0.25, -0.2) is 0 Å². The van der Waals surface area contributed by atoms with Gasteiger partial charge in [0.2, 0.25) is 0 Å². The van der Waals surface area contributed by atoms with Gasteiger partial charge in [0.25, 0.3) is 0 Å². The highest BCUT2D eigenvalue weighted by Gasteiger charge is 2.19. The molecular weight excluding hydrogens is 252 g/mol. The molecule has 0 saturated heterocycles. The summed E-state index contributed by atoms with van der Waals surface area (Å²) < 4.78 is 10.6. The molecule has 0 aliphatic heterocycles. The first-order valence-electron chi connectivity index (χ1n) is 5.86. The average molecular weight is 267 g/mol. The SMILES string of the molecule is CCCOc1ccccc1C(O)c1ccoc1Cl. The molecule has 4 heteroatoms. The second-order valence-corrected chi connectivity index (χ2v) is 4.28. The van der Waals surface area contributed by atoms with Gasteiger partial charge in [-0.05, 0) is 30.2 Å². The molecule has 18 heavy (non-hydrogen) atoms. The Morgan fingerprint density at radius 2 is 2.06 bits per heavy atom. The number of halogens is 1. The van der Waals surface area contributed by atoms with Gasteiger partial charge in [0.05, 0.1) is 12.9 Å². The van der Waals surface area contributed by atoms with Gasteiger partial charge in [-0.2, -0.15) is 0 Å². The molecule has 0 bridgehead atoms. The molecular formula is C14H15ClO3. The van der Waals surface area contributed by atoms with Gasteiger partial charge in [-0.1, -0.05) is 25.1 Å². The van der Waals surface area contributed by atoms with Crippen LogP contribution in [0.1, 0.15) is 30.6 Å². The first-order chi connectivity index (χ1) is 8.74. The molecule has 0 radical (unpaired) electrons. The zero-order valence-electron chi connectivity index (χ0n) is 10.1. The van der Waals surface area contributed by atoms with Gasteiger partial charge in [-0.15, -0.1) is 0 Å². The molecule has 0 aliphatic carbocycles. The lowest BCUT2D eigenvalue weighted by Crippen LogP contribution is -2.04. The zero-order chi connectivity index (χ0) is 13.0. The van der Waals surface area contributed by atoms with E-state index in [1.54, 1.807) is 6.07 Å². The highest BCUT2D eigenvalue weighted by Crippen LogP contribution is 2.33. The Morgan fingerprint density at radius 3 is 2.72 bits per heavy atom. The van der Waals surface area contributed by atoms with Gasteiger partial charge in [0.1, 0.15) is 11.9 Å². The maximum Gasteiger partial charge on any atom is 0.199 e. The smallest absolute Gasteiger partial charge is 0.199 e. The van der Waals surface area contributed by atoms with Crippen LogP contribution in [0.3, 0.4) is 0 Å². The highest BCUT2D eigenvalue weighted by atomic mass is 35.5. The van der Waals surface area contributed by atoms with Crippen LogP contribution in [0.4, 0.5) is 0 Å². The van der Waals surface area contributed by atoms with Crippen LogP contribution in [0, 0.1) is 0 Å². The number of benzene rings is 1. The summed E-state index contributed by atoms with van der Waals surface area (Å²) in [7, 11) is 0. The summed E-state index contributed by atoms with van der Waals surface area (Å²) in [6.07, 6.45) is 1.53. The van der Waals surface area contributed by atoms with E-state index in [1.165, 1.54) is 6.26 Å². The molecule has 1 atom stereocenters. The van der Waals surface area contributed by atoms with Crippen LogP contribution in [0.15, 0.2) is 41.0 Å². The number of aliphatic hydroxyl groups excluding tert-OH is 1. The second kappa shape index (κ2) is 5.94. The lowest BCUT2D eigenvalue weighted by Gasteiger charge is -2.15. The molecule has 1 aromatic carbocycles. The van der Waals surface area contributed by atoms with E-state index in [1.807, 2.05) is 31.2 Å². The van der Waals surface area contributed by atoms with Gasteiger partial charge in [0, 0.05) is 11.1 Å². The lowest BCUT2D eigenvalue weighted by atomic mass is 10.0. The van der Waals surface area contributed by atoms with Crippen molar-refractivity contribution >= 4 is 11.6 Å². The Kier molecular flexibility index (Phi) is 4.28. The van der Waals surface area contributed by atoms with Crippen molar-refractivity contribution in [2.75, 3.05) is 6.61 Å². The topological polar surface area (TPSA) is 42.6 Å². The summed E-state index contributed by atoms with van der Waals surface area (Å²) in [6.45, 7) is 2.65. The summed E-state index contributed by atoms with van der Waals surface area (Å²) >= 11 is 5.87. The van der Waals surface area contributed by atoms with Crippen molar-refractivity contribution in [3.05, 3.63) is 52.9 Å². The van der Waals surface area contributed by atoms with Crippen molar-refractivity contribution in [3.63, 3.8) is 0 Å². The fraction of sp³-hybridized carbons (Fsp3) is 0.286. The van der Waals surface area contributed by atoms with Crippen LogP contribution in [0.25, 0.3) is 0 Å². The number of furan rings is 1. The minimum atomic E-state index is -0.843. The number of hydrogen-bond donors (Lipinski definition) is 1. The molecule has 0 amide bonds. The number of rotatable bonds is 5. The third-order valence-corrected chi connectivity index (χ3v) is 2.92. The van der Waals surface area contributed by atoms with Gasteiger partial charge < -0.3 is 14.3 Å². The molecule has 1 aromatic heterocycles. The van der Waals surface area contributed by atoms with Crippen LogP contribution >= 0.6 is 11.6 Å². The predicted molar refractivity (Wildman–Crippen MR) is 70.0 cm³/mol. The quantitative estimate of drug-likeness (QED) is 0.895. The number of ether oxygens (including phenoxy) is 1. The number of aliphatic hydroxyl groups is 1. The van der Waals surface area contributed by atoms with Crippen molar-refractivity contribution in [2.24, 2.45) is 0 Å². The fourth-order valence-electron chi connectivity index (χ4n) is 1.72. The molecule has 0 aliphatic rings. The Bertz CT molecular complexity index is 507. The monoisotopic (exact) mass is 266 g/mol. The van der Waals surface area contributed by atoms with E-state index in [9.17, 15) is 5.11 Å². The van der Waals surface area contributed by atoms with Crippen LogP contribution in [-0.4, -0.2) is 11.7 Å². The Hall–Kier alpha value is -1.45. The van der Waals surface area contributed by atoms with Crippen molar-refractivity contribution < 1.29 is 14.3 Å². The molecule has 0 saturated carbocycles. The molecule has 2 rings (SSSR count). The standard InChI is InChI=1S/C14H15ClO3/c1-2-8-17-12-6-4-3-5-10(12)13(16)11-7-9-18-14(11)15/h3-7,9,13,16H,2,8H2,1H3. The van der Waals surface area contributed by atoms with E-state index in [4.69, 9.17) is 20.8 Å². The van der Waals surface area contributed by atoms with E-state index in [0.29, 0.717) is 23.5 Å². The summed E-state index contributed by atoms with van der Waals surface area (Å²) in [6, 6.07) is 9.04. The van der Waals surface area contributed by atoms with Crippen LogP contribution in [0.2, 0.25) is 5.22 Å². The first kappa shape index (κ1) is 13.0. The van der Waals surface area contributed by atoms with Gasteiger partial charge >= 0.3 is 0 Å².